The zero-order valence-corrected chi connectivity index (χ0v) is 20.1. The largest absolute Gasteiger partial charge is 0.467 e. The summed E-state index contributed by atoms with van der Waals surface area (Å²) >= 11 is 0. The van der Waals surface area contributed by atoms with Gasteiger partial charge in [0, 0.05) is 6.54 Å². The number of rotatable bonds is 12. The van der Waals surface area contributed by atoms with E-state index in [-0.39, 0.29) is 37.4 Å². The number of hydrogen-bond donors (Lipinski definition) is 4. The van der Waals surface area contributed by atoms with Crippen LogP contribution in [-0.4, -0.2) is 62.2 Å². The predicted octanol–water partition coefficient (Wildman–Crippen LogP) is 1.24. The third kappa shape index (κ3) is 9.01. The fourth-order valence-corrected chi connectivity index (χ4v) is 3.62. The minimum absolute atomic E-state index is 0.159. The molecule has 3 amide bonds. The van der Waals surface area contributed by atoms with Crippen LogP contribution in [0.1, 0.15) is 45.1 Å². The number of carbonyl (C=O) groups is 4. The number of nitrogens with one attached hydrogen (secondary N) is 4. The maximum atomic E-state index is 12.9. The van der Waals surface area contributed by atoms with Crippen LogP contribution in [-0.2, 0) is 30.5 Å². The van der Waals surface area contributed by atoms with Crippen molar-refractivity contribution in [1.29, 1.82) is 0 Å². The number of amides is 3. The molecule has 2 rings (SSSR count). The SMILES string of the molecule is COC(=O)C(CCCNC(=O)OCc1ccccc1)NC(=O)C(NC(=O)C1CCCN1)C(C)C. The number of ether oxygens (including phenoxy) is 2. The van der Waals surface area contributed by atoms with E-state index >= 15 is 0 Å². The summed E-state index contributed by atoms with van der Waals surface area (Å²) in [4.78, 5) is 49.4. The van der Waals surface area contributed by atoms with Gasteiger partial charge in [-0.2, -0.15) is 0 Å². The van der Waals surface area contributed by atoms with Gasteiger partial charge in [0.25, 0.3) is 0 Å². The van der Waals surface area contributed by atoms with Gasteiger partial charge >= 0.3 is 12.1 Å². The Morgan fingerprint density at radius 2 is 1.85 bits per heavy atom. The van der Waals surface area contributed by atoms with Crippen molar-refractivity contribution in [2.75, 3.05) is 20.2 Å². The van der Waals surface area contributed by atoms with Crippen LogP contribution >= 0.6 is 0 Å². The molecular weight excluding hydrogens is 440 g/mol. The smallest absolute Gasteiger partial charge is 0.407 e. The average molecular weight is 477 g/mol. The zero-order valence-electron chi connectivity index (χ0n) is 20.1. The second kappa shape index (κ2) is 14.2. The van der Waals surface area contributed by atoms with Crippen molar-refractivity contribution < 1.29 is 28.7 Å². The zero-order chi connectivity index (χ0) is 24.9. The van der Waals surface area contributed by atoms with Crippen LogP contribution in [0.5, 0.6) is 0 Å². The van der Waals surface area contributed by atoms with E-state index in [0.29, 0.717) is 6.42 Å². The molecule has 1 aromatic rings. The molecule has 0 aliphatic carbocycles. The number of benzene rings is 1. The van der Waals surface area contributed by atoms with Gasteiger partial charge in [-0.1, -0.05) is 44.2 Å². The van der Waals surface area contributed by atoms with Crippen molar-refractivity contribution >= 4 is 23.9 Å². The lowest BCUT2D eigenvalue weighted by atomic mass is 10.0. The quantitative estimate of drug-likeness (QED) is 0.263. The fraction of sp³-hybridized carbons (Fsp3) is 0.583. The van der Waals surface area contributed by atoms with Crippen molar-refractivity contribution in [3.05, 3.63) is 35.9 Å². The first-order valence-corrected chi connectivity index (χ1v) is 11.7. The second-order valence-electron chi connectivity index (χ2n) is 8.59. The van der Waals surface area contributed by atoms with Crippen LogP contribution in [0, 0.1) is 5.92 Å². The summed E-state index contributed by atoms with van der Waals surface area (Å²) < 4.78 is 9.97. The van der Waals surface area contributed by atoms with E-state index < -0.39 is 30.1 Å². The monoisotopic (exact) mass is 476 g/mol. The maximum Gasteiger partial charge on any atom is 0.407 e. The molecule has 0 bridgehead atoms. The molecule has 1 aliphatic rings. The van der Waals surface area contributed by atoms with Crippen LogP contribution in [0.25, 0.3) is 0 Å². The molecular formula is C24H36N4O6. The van der Waals surface area contributed by atoms with Gasteiger partial charge in [-0.3, -0.25) is 9.59 Å². The van der Waals surface area contributed by atoms with Crippen LogP contribution in [0.3, 0.4) is 0 Å². The Balaban J connectivity index is 1.80. The fourth-order valence-electron chi connectivity index (χ4n) is 3.62. The summed E-state index contributed by atoms with van der Waals surface area (Å²) in [5.41, 5.74) is 0.877. The molecule has 1 heterocycles. The Bertz CT molecular complexity index is 811. The van der Waals surface area contributed by atoms with Crippen LogP contribution in [0.2, 0.25) is 0 Å². The van der Waals surface area contributed by atoms with Crippen molar-refractivity contribution in [1.82, 2.24) is 21.3 Å². The topological polar surface area (TPSA) is 135 Å². The van der Waals surface area contributed by atoms with E-state index in [4.69, 9.17) is 9.47 Å². The first-order valence-electron chi connectivity index (χ1n) is 11.7. The molecule has 0 radical (unpaired) electrons. The predicted molar refractivity (Wildman–Crippen MR) is 126 cm³/mol. The highest BCUT2D eigenvalue weighted by Crippen LogP contribution is 2.09. The van der Waals surface area contributed by atoms with E-state index in [1.165, 1.54) is 7.11 Å². The van der Waals surface area contributed by atoms with Gasteiger partial charge in [0.1, 0.15) is 18.7 Å². The molecule has 34 heavy (non-hydrogen) atoms. The average Bonchev–Trinajstić information content (AvgIpc) is 3.38. The summed E-state index contributed by atoms with van der Waals surface area (Å²) in [7, 11) is 1.24. The highest BCUT2D eigenvalue weighted by Gasteiger charge is 2.31. The van der Waals surface area contributed by atoms with E-state index in [0.717, 1.165) is 24.9 Å². The summed E-state index contributed by atoms with van der Waals surface area (Å²) in [6.07, 6.45) is 1.73. The summed E-state index contributed by atoms with van der Waals surface area (Å²) in [5, 5.41) is 11.2. The first kappa shape index (κ1) is 27.1. The highest BCUT2D eigenvalue weighted by molar-refractivity contribution is 5.92. The number of methoxy groups -OCH3 is 1. The lowest BCUT2D eigenvalue weighted by Crippen LogP contribution is -2.56. The standard InChI is InChI=1S/C24H36N4O6/c1-16(2)20(28-21(29)18-11-7-13-25-18)22(30)27-19(23(31)33-3)12-8-14-26-24(32)34-15-17-9-5-4-6-10-17/h4-6,9-10,16,18-20,25H,7-8,11-15H2,1-3H3,(H,26,32)(H,27,30)(H,28,29). The normalized spacial score (nSPS) is 16.9. The van der Waals surface area contributed by atoms with Crippen LogP contribution in [0.15, 0.2) is 30.3 Å². The van der Waals surface area contributed by atoms with Gasteiger partial charge in [-0.05, 0) is 43.7 Å². The molecule has 0 saturated carbocycles. The van der Waals surface area contributed by atoms with Gasteiger partial charge in [0.2, 0.25) is 11.8 Å². The molecule has 10 heteroatoms. The Labute approximate surface area is 200 Å². The Hall–Kier alpha value is -3.14. The minimum atomic E-state index is -0.901. The Kier molecular flexibility index (Phi) is 11.3. The van der Waals surface area contributed by atoms with Crippen molar-refractivity contribution in [3.63, 3.8) is 0 Å². The third-order valence-electron chi connectivity index (χ3n) is 5.58. The van der Waals surface area contributed by atoms with E-state index in [2.05, 4.69) is 21.3 Å². The number of hydrogen-bond acceptors (Lipinski definition) is 7. The lowest BCUT2D eigenvalue weighted by molar-refractivity contribution is -0.145. The molecule has 10 nitrogen and oxygen atoms in total. The number of esters is 1. The third-order valence-corrected chi connectivity index (χ3v) is 5.58. The van der Waals surface area contributed by atoms with Gasteiger partial charge < -0.3 is 30.7 Å². The molecule has 1 aliphatic heterocycles. The van der Waals surface area contributed by atoms with Gasteiger partial charge in [0.15, 0.2) is 0 Å². The van der Waals surface area contributed by atoms with E-state index in [1.807, 2.05) is 44.2 Å². The molecule has 1 fully saturated rings. The van der Waals surface area contributed by atoms with Crippen LogP contribution in [0.4, 0.5) is 4.79 Å². The Morgan fingerprint density at radius 3 is 2.47 bits per heavy atom. The molecule has 3 unspecified atom stereocenters. The summed E-state index contributed by atoms with van der Waals surface area (Å²) in [5.74, 6) is -1.44. The van der Waals surface area contributed by atoms with E-state index in [1.54, 1.807) is 0 Å². The molecule has 4 N–H and O–H groups in total. The molecule has 0 spiro atoms. The molecule has 1 saturated heterocycles. The maximum absolute atomic E-state index is 12.9. The minimum Gasteiger partial charge on any atom is -0.467 e. The van der Waals surface area contributed by atoms with Crippen molar-refractivity contribution in [2.45, 2.75) is 64.3 Å². The van der Waals surface area contributed by atoms with E-state index in [9.17, 15) is 19.2 Å². The number of alkyl carbamates (subject to hydrolysis) is 1. The molecule has 188 valence electrons. The summed E-state index contributed by atoms with van der Waals surface area (Å²) in [6, 6.07) is 7.32. The highest BCUT2D eigenvalue weighted by atomic mass is 16.5. The van der Waals surface area contributed by atoms with Gasteiger partial charge in [-0.25, -0.2) is 9.59 Å². The number of carbonyl (C=O) groups excluding carboxylic acids is 4. The first-order chi connectivity index (χ1) is 16.3. The van der Waals surface area contributed by atoms with Crippen LogP contribution < -0.4 is 21.3 Å². The van der Waals surface area contributed by atoms with Gasteiger partial charge in [-0.15, -0.1) is 0 Å². The molecule has 1 aromatic carbocycles. The van der Waals surface area contributed by atoms with Gasteiger partial charge in [0.05, 0.1) is 13.2 Å². The van der Waals surface area contributed by atoms with Crippen molar-refractivity contribution in [2.24, 2.45) is 5.92 Å². The second-order valence-corrected chi connectivity index (χ2v) is 8.59. The lowest BCUT2D eigenvalue weighted by Gasteiger charge is -2.25. The molecule has 3 atom stereocenters. The summed E-state index contributed by atoms with van der Waals surface area (Å²) in [6.45, 7) is 4.84. The molecule has 0 aromatic heterocycles. The van der Waals surface area contributed by atoms with Crippen molar-refractivity contribution in [3.8, 4) is 0 Å². The Morgan fingerprint density at radius 1 is 1.12 bits per heavy atom.